The molecule has 0 saturated carbocycles. The van der Waals surface area contributed by atoms with Crippen LogP contribution in [0, 0.1) is 0 Å². The maximum absolute atomic E-state index is 11.6. The first-order valence-corrected chi connectivity index (χ1v) is 4.65. The molecule has 0 aromatic carbocycles. The van der Waals surface area contributed by atoms with Crippen LogP contribution in [0.4, 0.5) is 5.69 Å². The van der Waals surface area contributed by atoms with Gasteiger partial charge in [-0.2, -0.15) is 0 Å². The first-order chi connectivity index (χ1) is 7.20. The number of rotatable bonds is 1. The number of halogens is 1. The predicted molar refractivity (Wildman–Crippen MR) is 59.3 cm³/mol. The fourth-order valence-electron chi connectivity index (χ4n) is 1.26. The molecule has 0 amide bonds. The number of nitrogen functional groups attached to an aromatic ring is 1. The van der Waals surface area contributed by atoms with Crippen molar-refractivity contribution < 1.29 is 0 Å². The Balaban J connectivity index is 2.73. The van der Waals surface area contributed by atoms with Gasteiger partial charge in [-0.05, 0) is 18.2 Å². The highest BCUT2D eigenvalue weighted by molar-refractivity contribution is 6.32. The first kappa shape index (κ1) is 9.73. The van der Waals surface area contributed by atoms with E-state index in [1.807, 2.05) is 0 Å². The Hall–Kier alpha value is -1.81. The quantitative estimate of drug-likeness (QED) is 0.742. The van der Waals surface area contributed by atoms with Gasteiger partial charge >= 0.3 is 0 Å². The van der Waals surface area contributed by atoms with Crippen molar-refractivity contribution in [2.24, 2.45) is 0 Å². The SMILES string of the molecule is Nc1ccc(=O)n(-c2cccnc2)c1Cl. The second-order valence-corrected chi connectivity index (χ2v) is 3.32. The summed E-state index contributed by atoms with van der Waals surface area (Å²) in [4.78, 5) is 15.5. The summed E-state index contributed by atoms with van der Waals surface area (Å²) in [6.45, 7) is 0. The molecule has 0 radical (unpaired) electrons. The number of anilines is 1. The van der Waals surface area contributed by atoms with Gasteiger partial charge in [-0.3, -0.25) is 14.3 Å². The van der Waals surface area contributed by atoms with Crippen LogP contribution in [-0.2, 0) is 0 Å². The van der Waals surface area contributed by atoms with Crippen molar-refractivity contribution in [3.05, 3.63) is 52.2 Å². The molecule has 0 aliphatic rings. The zero-order valence-corrected chi connectivity index (χ0v) is 8.48. The van der Waals surface area contributed by atoms with Gasteiger partial charge < -0.3 is 5.73 Å². The number of nitrogens with two attached hydrogens (primary N) is 1. The summed E-state index contributed by atoms with van der Waals surface area (Å²) in [5.74, 6) is 0. The highest BCUT2D eigenvalue weighted by atomic mass is 35.5. The fraction of sp³-hybridized carbons (Fsp3) is 0. The van der Waals surface area contributed by atoms with Crippen molar-refractivity contribution >= 4 is 17.3 Å². The minimum absolute atomic E-state index is 0.204. The summed E-state index contributed by atoms with van der Waals surface area (Å²) in [6.07, 6.45) is 3.17. The van der Waals surface area contributed by atoms with Crippen LogP contribution in [0.1, 0.15) is 0 Å². The van der Waals surface area contributed by atoms with Crippen molar-refractivity contribution in [1.82, 2.24) is 9.55 Å². The smallest absolute Gasteiger partial charge is 0.256 e. The van der Waals surface area contributed by atoms with Crippen LogP contribution in [0.3, 0.4) is 0 Å². The summed E-state index contributed by atoms with van der Waals surface area (Å²) in [6, 6.07) is 6.31. The van der Waals surface area contributed by atoms with Crippen LogP contribution in [-0.4, -0.2) is 9.55 Å². The molecule has 0 fully saturated rings. The van der Waals surface area contributed by atoms with Gasteiger partial charge in [0.25, 0.3) is 5.56 Å². The molecular formula is C10H8ClN3O. The minimum atomic E-state index is -0.234. The summed E-state index contributed by atoms with van der Waals surface area (Å²) in [5.41, 5.74) is 6.34. The van der Waals surface area contributed by atoms with E-state index in [1.54, 1.807) is 24.5 Å². The van der Waals surface area contributed by atoms with Crippen LogP contribution in [0.15, 0.2) is 41.5 Å². The number of nitrogens with zero attached hydrogens (tertiary/aromatic N) is 2. The number of hydrogen-bond acceptors (Lipinski definition) is 3. The Morgan fingerprint density at radius 2 is 2.13 bits per heavy atom. The third-order valence-electron chi connectivity index (χ3n) is 1.96. The molecule has 2 rings (SSSR count). The molecule has 0 spiro atoms. The zero-order chi connectivity index (χ0) is 10.8. The Kier molecular flexibility index (Phi) is 2.43. The van der Waals surface area contributed by atoms with Gasteiger partial charge in [-0.15, -0.1) is 0 Å². The molecule has 5 heteroatoms. The van der Waals surface area contributed by atoms with Crippen LogP contribution in [0.2, 0.25) is 5.15 Å². The van der Waals surface area contributed by atoms with E-state index < -0.39 is 0 Å². The second-order valence-electron chi connectivity index (χ2n) is 2.96. The molecule has 2 N–H and O–H groups in total. The average molecular weight is 222 g/mol. The molecular weight excluding hydrogens is 214 g/mol. The van der Waals surface area contributed by atoms with Crippen LogP contribution in [0.25, 0.3) is 5.69 Å². The maximum atomic E-state index is 11.6. The first-order valence-electron chi connectivity index (χ1n) is 4.27. The zero-order valence-electron chi connectivity index (χ0n) is 7.72. The average Bonchev–Trinajstić information content (AvgIpc) is 2.26. The van der Waals surface area contributed by atoms with E-state index in [0.717, 1.165) is 0 Å². The van der Waals surface area contributed by atoms with Gasteiger partial charge in [0.1, 0.15) is 5.15 Å². The van der Waals surface area contributed by atoms with Crippen molar-refractivity contribution in [2.75, 3.05) is 5.73 Å². The van der Waals surface area contributed by atoms with Crippen molar-refractivity contribution in [2.45, 2.75) is 0 Å². The molecule has 4 nitrogen and oxygen atoms in total. The third-order valence-corrected chi connectivity index (χ3v) is 2.35. The molecule has 0 bridgehead atoms. The molecule has 0 saturated heterocycles. The molecule has 0 atom stereocenters. The Morgan fingerprint density at radius 3 is 2.80 bits per heavy atom. The summed E-state index contributed by atoms with van der Waals surface area (Å²) < 4.78 is 1.31. The Morgan fingerprint density at radius 1 is 1.33 bits per heavy atom. The topological polar surface area (TPSA) is 60.9 Å². The van der Waals surface area contributed by atoms with E-state index >= 15 is 0 Å². The Labute approximate surface area is 90.9 Å². The normalized spacial score (nSPS) is 10.2. The van der Waals surface area contributed by atoms with Gasteiger partial charge in [-0.1, -0.05) is 11.6 Å². The van der Waals surface area contributed by atoms with Crippen molar-refractivity contribution in [3.63, 3.8) is 0 Å². The summed E-state index contributed by atoms with van der Waals surface area (Å²) in [7, 11) is 0. The van der Waals surface area contributed by atoms with E-state index in [-0.39, 0.29) is 10.7 Å². The molecule has 0 aliphatic heterocycles. The lowest BCUT2D eigenvalue weighted by Crippen LogP contribution is -2.18. The van der Waals surface area contributed by atoms with Crippen LogP contribution < -0.4 is 11.3 Å². The molecule has 2 heterocycles. The predicted octanol–water partition coefficient (Wildman–Crippen LogP) is 1.47. The lowest BCUT2D eigenvalue weighted by atomic mass is 10.3. The highest BCUT2D eigenvalue weighted by Gasteiger charge is 2.06. The molecule has 2 aromatic rings. The van der Waals surface area contributed by atoms with Crippen molar-refractivity contribution in [1.29, 1.82) is 0 Å². The second kappa shape index (κ2) is 3.74. The third kappa shape index (κ3) is 1.71. The lowest BCUT2D eigenvalue weighted by Gasteiger charge is -2.08. The minimum Gasteiger partial charge on any atom is -0.396 e. The van der Waals surface area contributed by atoms with Gasteiger partial charge in [0, 0.05) is 12.3 Å². The van der Waals surface area contributed by atoms with Gasteiger partial charge in [0.2, 0.25) is 0 Å². The molecule has 15 heavy (non-hydrogen) atoms. The van der Waals surface area contributed by atoms with Gasteiger partial charge in [0.05, 0.1) is 17.6 Å². The highest BCUT2D eigenvalue weighted by Crippen LogP contribution is 2.18. The number of hydrogen-bond donors (Lipinski definition) is 1. The molecule has 2 aromatic heterocycles. The van der Waals surface area contributed by atoms with Crippen molar-refractivity contribution in [3.8, 4) is 5.69 Å². The largest absolute Gasteiger partial charge is 0.396 e. The van der Waals surface area contributed by atoms with E-state index in [2.05, 4.69) is 4.98 Å². The summed E-state index contributed by atoms with van der Waals surface area (Å²) >= 11 is 5.94. The van der Waals surface area contributed by atoms with E-state index in [9.17, 15) is 4.79 Å². The van der Waals surface area contributed by atoms with E-state index in [0.29, 0.717) is 11.4 Å². The Bertz CT molecular complexity index is 536. The molecule has 0 unspecified atom stereocenters. The molecule has 0 aliphatic carbocycles. The maximum Gasteiger partial charge on any atom is 0.256 e. The molecule has 76 valence electrons. The number of aromatic nitrogens is 2. The number of pyridine rings is 2. The summed E-state index contributed by atoms with van der Waals surface area (Å²) in [5, 5.41) is 0.204. The van der Waals surface area contributed by atoms with E-state index in [4.69, 9.17) is 17.3 Å². The fourth-order valence-corrected chi connectivity index (χ4v) is 1.50. The van der Waals surface area contributed by atoms with E-state index in [1.165, 1.54) is 16.7 Å². The van der Waals surface area contributed by atoms with Crippen LogP contribution in [0.5, 0.6) is 0 Å². The van der Waals surface area contributed by atoms with Crippen LogP contribution >= 0.6 is 11.6 Å². The lowest BCUT2D eigenvalue weighted by molar-refractivity contribution is 0.982. The monoisotopic (exact) mass is 221 g/mol. The van der Waals surface area contributed by atoms with Gasteiger partial charge in [-0.25, -0.2) is 0 Å². The standard InChI is InChI=1S/C10H8ClN3O/c11-10-8(12)3-4-9(15)14(10)7-2-1-5-13-6-7/h1-6H,12H2. The van der Waals surface area contributed by atoms with Gasteiger partial charge in [0.15, 0.2) is 0 Å².